The summed E-state index contributed by atoms with van der Waals surface area (Å²) >= 11 is 4.62. The van der Waals surface area contributed by atoms with Gasteiger partial charge in [-0.2, -0.15) is 0 Å². The summed E-state index contributed by atoms with van der Waals surface area (Å²) in [5.41, 5.74) is 2.65. The number of carbonyl (C=O) groups excluding carboxylic acids is 2. The van der Waals surface area contributed by atoms with Crippen LogP contribution >= 0.6 is 34.4 Å². The molecule has 0 unspecified atom stereocenters. The summed E-state index contributed by atoms with van der Waals surface area (Å²) < 4.78 is 7.14. The summed E-state index contributed by atoms with van der Waals surface area (Å²) in [6, 6.07) is 2.18. The molecule has 10 heteroatoms. The van der Waals surface area contributed by atoms with Crippen molar-refractivity contribution in [2.75, 3.05) is 18.2 Å². The summed E-state index contributed by atoms with van der Waals surface area (Å²) in [7, 11) is 1.39. The first-order valence-electron chi connectivity index (χ1n) is 12.1. The first-order chi connectivity index (χ1) is 16.9. The molecule has 1 N–H and O–H groups in total. The van der Waals surface area contributed by atoms with E-state index in [9.17, 15) is 9.59 Å². The number of rotatable bonds is 9. The average Bonchev–Trinajstić information content (AvgIpc) is 3.51. The van der Waals surface area contributed by atoms with Crippen molar-refractivity contribution in [2.24, 2.45) is 0 Å². The highest BCUT2D eigenvalue weighted by Gasteiger charge is 2.26. The van der Waals surface area contributed by atoms with Crippen LogP contribution in [0.25, 0.3) is 11.4 Å². The molecule has 1 aliphatic rings. The molecule has 0 aromatic carbocycles. The van der Waals surface area contributed by atoms with Crippen LogP contribution in [0.4, 0.5) is 5.00 Å². The van der Waals surface area contributed by atoms with Crippen molar-refractivity contribution in [3.63, 3.8) is 0 Å². The van der Waals surface area contributed by atoms with Gasteiger partial charge in [-0.15, -0.1) is 32.9 Å². The highest BCUT2D eigenvalue weighted by molar-refractivity contribution is 7.99. The first-order valence-corrected chi connectivity index (χ1v) is 14.8. The van der Waals surface area contributed by atoms with Gasteiger partial charge in [0.15, 0.2) is 11.0 Å². The van der Waals surface area contributed by atoms with Crippen molar-refractivity contribution >= 4 is 51.3 Å². The van der Waals surface area contributed by atoms with Gasteiger partial charge in [0.2, 0.25) is 5.91 Å². The highest BCUT2D eigenvalue weighted by atomic mass is 32.2. The summed E-state index contributed by atoms with van der Waals surface area (Å²) in [5, 5.41) is 15.3. The summed E-state index contributed by atoms with van der Waals surface area (Å²) in [6.45, 7) is 7.27. The number of hydrogen-bond donors (Lipinski definition) is 1. The first kappa shape index (κ1) is 25.9. The fourth-order valence-corrected chi connectivity index (χ4v) is 7.21. The van der Waals surface area contributed by atoms with Gasteiger partial charge < -0.3 is 14.6 Å². The Balaban J connectivity index is 1.49. The van der Waals surface area contributed by atoms with Crippen molar-refractivity contribution < 1.29 is 14.3 Å². The molecular formula is C25H32N4O3S3. The lowest BCUT2D eigenvalue weighted by Crippen LogP contribution is -2.16. The van der Waals surface area contributed by atoms with Gasteiger partial charge in [0.05, 0.1) is 18.4 Å². The molecular weight excluding hydrogens is 501 g/mol. The van der Waals surface area contributed by atoms with Crippen LogP contribution in [-0.2, 0) is 28.9 Å². The van der Waals surface area contributed by atoms with Crippen LogP contribution in [0.5, 0.6) is 0 Å². The molecule has 0 bridgehead atoms. The molecule has 1 amide bonds. The fourth-order valence-electron chi connectivity index (χ4n) is 4.25. The van der Waals surface area contributed by atoms with Gasteiger partial charge >= 0.3 is 5.97 Å². The molecule has 0 spiro atoms. The fraction of sp³-hybridized carbons (Fsp3) is 0.520. The Morgan fingerprint density at radius 3 is 2.74 bits per heavy atom. The number of anilines is 1. The number of amides is 1. The normalized spacial score (nSPS) is 13.5. The second-order valence-corrected chi connectivity index (χ2v) is 11.9. The third kappa shape index (κ3) is 5.81. The van der Waals surface area contributed by atoms with E-state index in [-0.39, 0.29) is 17.6 Å². The minimum absolute atomic E-state index is 0.165. The molecule has 4 rings (SSSR count). The number of aryl methyl sites for hydroxylation is 1. The minimum Gasteiger partial charge on any atom is -0.465 e. The molecule has 7 nitrogen and oxygen atoms in total. The molecule has 0 saturated carbocycles. The lowest BCUT2D eigenvalue weighted by Gasteiger charge is -2.09. The van der Waals surface area contributed by atoms with Crippen molar-refractivity contribution in [3.05, 3.63) is 32.3 Å². The quantitative estimate of drug-likeness (QED) is 0.195. The molecule has 0 fully saturated rings. The largest absolute Gasteiger partial charge is 0.465 e. The van der Waals surface area contributed by atoms with E-state index in [0.29, 0.717) is 16.5 Å². The summed E-state index contributed by atoms with van der Waals surface area (Å²) in [6.07, 6.45) is 6.05. The standard InChI is InChI=1S/C25H32N4O3S3/c1-5-11-29-22(16-12-19(15(2)3)33-13-16)27-28-25(29)34-14-20(30)26-23-21(24(31)32-4)17-9-7-6-8-10-18(17)35-23/h12-13,15H,5-11,14H2,1-4H3,(H,26,30). The van der Waals surface area contributed by atoms with Crippen molar-refractivity contribution in [1.29, 1.82) is 0 Å². The lowest BCUT2D eigenvalue weighted by molar-refractivity contribution is -0.113. The zero-order valence-corrected chi connectivity index (χ0v) is 23.1. The number of fused-ring (bicyclic) bond motifs is 1. The number of nitrogens with one attached hydrogen (secondary N) is 1. The van der Waals surface area contributed by atoms with Gasteiger partial charge in [0.1, 0.15) is 5.00 Å². The Kier molecular flexibility index (Phi) is 8.67. The second kappa shape index (κ2) is 11.7. The van der Waals surface area contributed by atoms with E-state index in [1.165, 1.54) is 40.0 Å². The van der Waals surface area contributed by atoms with E-state index in [4.69, 9.17) is 4.74 Å². The van der Waals surface area contributed by atoms with Crippen LogP contribution in [0.1, 0.15) is 78.0 Å². The smallest absolute Gasteiger partial charge is 0.341 e. The number of aromatic nitrogens is 3. The van der Waals surface area contributed by atoms with Crippen LogP contribution in [-0.4, -0.2) is 39.5 Å². The third-order valence-electron chi connectivity index (χ3n) is 6.01. The zero-order valence-electron chi connectivity index (χ0n) is 20.7. The molecule has 0 radical (unpaired) electrons. The number of hydrogen-bond acceptors (Lipinski definition) is 8. The number of esters is 1. The SMILES string of the molecule is CCCn1c(SCC(=O)Nc2sc3c(c2C(=O)OC)CCCCC3)nnc1-c1csc(C(C)C)c1. The molecule has 0 saturated heterocycles. The summed E-state index contributed by atoms with van der Waals surface area (Å²) in [5.74, 6) is 0.952. The third-order valence-corrected chi connectivity index (χ3v) is 9.41. The number of methoxy groups -OCH3 is 1. The van der Waals surface area contributed by atoms with Gasteiger partial charge in [-0.1, -0.05) is 39.0 Å². The topological polar surface area (TPSA) is 86.1 Å². The van der Waals surface area contributed by atoms with Crippen LogP contribution in [0.3, 0.4) is 0 Å². The zero-order chi connectivity index (χ0) is 24.9. The van der Waals surface area contributed by atoms with Crippen molar-refractivity contribution in [2.45, 2.75) is 76.9 Å². The van der Waals surface area contributed by atoms with Crippen molar-refractivity contribution in [1.82, 2.24) is 14.8 Å². The Labute approximate surface area is 218 Å². The second-order valence-electron chi connectivity index (χ2n) is 8.95. The molecule has 3 heterocycles. The maximum Gasteiger partial charge on any atom is 0.341 e. The molecule has 3 aromatic rings. The van der Waals surface area contributed by atoms with E-state index in [0.717, 1.165) is 67.2 Å². The Hall–Kier alpha value is -2.17. The van der Waals surface area contributed by atoms with Crippen molar-refractivity contribution in [3.8, 4) is 11.4 Å². The van der Waals surface area contributed by atoms with E-state index in [2.05, 4.69) is 52.3 Å². The van der Waals surface area contributed by atoms with Gasteiger partial charge in [-0.05, 0) is 49.7 Å². The molecule has 35 heavy (non-hydrogen) atoms. The number of nitrogens with zero attached hydrogens (tertiary/aromatic N) is 3. The average molecular weight is 533 g/mol. The monoisotopic (exact) mass is 532 g/mol. The maximum absolute atomic E-state index is 12.9. The Morgan fingerprint density at radius 2 is 2.03 bits per heavy atom. The maximum atomic E-state index is 12.9. The van der Waals surface area contributed by atoms with Crippen LogP contribution in [0.2, 0.25) is 0 Å². The molecule has 188 valence electrons. The van der Waals surface area contributed by atoms with Gasteiger partial charge in [0, 0.05) is 27.2 Å². The number of thioether (sulfide) groups is 1. The molecule has 0 aliphatic heterocycles. The van der Waals surface area contributed by atoms with Gasteiger partial charge in [-0.25, -0.2) is 4.79 Å². The van der Waals surface area contributed by atoms with Gasteiger partial charge in [-0.3, -0.25) is 4.79 Å². The van der Waals surface area contributed by atoms with Crippen LogP contribution < -0.4 is 5.32 Å². The van der Waals surface area contributed by atoms with Crippen LogP contribution in [0, 0.1) is 0 Å². The minimum atomic E-state index is -0.379. The van der Waals surface area contributed by atoms with E-state index in [1.807, 2.05) is 0 Å². The lowest BCUT2D eigenvalue weighted by atomic mass is 10.1. The highest BCUT2D eigenvalue weighted by Crippen LogP contribution is 2.38. The molecule has 3 aromatic heterocycles. The Morgan fingerprint density at radius 1 is 1.23 bits per heavy atom. The molecule has 0 atom stereocenters. The predicted molar refractivity (Wildman–Crippen MR) is 144 cm³/mol. The van der Waals surface area contributed by atoms with E-state index < -0.39 is 0 Å². The van der Waals surface area contributed by atoms with Gasteiger partial charge in [0.25, 0.3) is 0 Å². The summed E-state index contributed by atoms with van der Waals surface area (Å²) in [4.78, 5) is 28.0. The van der Waals surface area contributed by atoms with E-state index in [1.54, 1.807) is 11.3 Å². The number of thiophene rings is 2. The number of ether oxygens (including phenoxy) is 1. The molecule has 1 aliphatic carbocycles. The Bertz CT molecular complexity index is 1190. The number of carbonyl (C=O) groups is 2. The van der Waals surface area contributed by atoms with E-state index >= 15 is 0 Å². The van der Waals surface area contributed by atoms with Crippen LogP contribution in [0.15, 0.2) is 16.6 Å². The predicted octanol–water partition coefficient (Wildman–Crippen LogP) is 6.39.